The van der Waals surface area contributed by atoms with E-state index in [4.69, 9.17) is 9.97 Å². The largest absolute Gasteiger partial charge is 0.310 e. The van der Waals surface area contributed by atoms with Crippen molar-refractivity contribution >= 4 is 55.9 Å². The molecule has 0 bridgehead atoms. The number of benzene rings is 10. The number of aromatic nitrogens is 3. The fourth-order valence-electron chi connectivity index (χ4n) is 9.99. The van der Waals surface area contributed by atoms with E-state index in [2.05, 4.69) is 290 Å². The van der Waals surface area contributed by atoms with Crippen molar-refractivity contribution in [1.82, 2.24) is 14.5 Å². The first-order valence-electron chi connectivity index (χ1n) is 24.6. The monoisotopic (exact) mass is 925 g/mol. The van der Waals surface area contributed by atoms with E-state index in [1.54, 1.807) is 0 Å². The molecule has 72 heavy (non-hydrogen) atoms. The van der Waals surface area contributed by atoms with Gasteiger partial charge in [-0.3, -0.25) is 0 Å². The summed E-state index contributed by atoms with van der Waals surface area (Å²) in [5, 5.41) is 2.33. The lowest BCUT2D eigenvalue weighted by Gasteiger charge is -2.26. The van der Waals surface area contributed by atoms with Crippen LogP contribution in [0.1, 0.15) is 16.7 Å². The summed E-state index contributed by atoms with van der Waals surface area (Å²) in [5.41, 5.74) is 20.8. The molecule has 12 aromatic rings. The second-order valence-electron chi connectivity index (χ2n) is 18.5. The summed E-state index contributed by atoms with van der Waals surface area (Å²) in [6, 6.07) is 91.1. The Labute approximate surface area is 421 Å². The third-order valence-electron chi connectivity index (χ3n) is 13.6. The SMILES string of the molecule is Cc1ccc(-c2cc(-c3ccc(-c4ccc(-n5c6ccc(N(c7ccccc7)c7ccccc7)cc6c6cc(N(c7ccccc7)c7ccccc7)ccc65)cc4)c(C)c3)nc(-c3ccc(C)cc3)n2)cc1. The lowest BCUT2D eigenvalue weighted by Crippen LogP contribution is -2.09. The van der Waals surface area contributed by atoms with Gasteiger partial charge in [-0.1, -0.05) is 157 Å². The van der Waals surface area contributed by atoms with Gasteiger partial charge < -0.3 is 14.4 Å². The van der Waals surface area contributed by atoms with Gasteiger partial charge in [-0.05, 0) is 147 Å². The molecule has 2 heterocycles. The lowest BCUT2D eigenvalue weighted by atomic mass is 9.96. The molecule has 12 rings (SSSR count). The number of rotatable bonds is 11. The molecule has 0 atom stereocenters. The van der Waals surface area contributed by atoms with Crippen LogP contribution in [-0.2, 0) is 0 Å². The quantitative estimate of drug-likeness (QED) is 0.130. The van der Waals surface area contributed by atoms with Crippen molar-refractivity contribution in [2.45, 2.75) is 20.8 Å². The molecule has 5 heteroatoms. The Morgan fingerprint density at radius 1 is 0.319 bits per heavy atom. The van der Waals surface area contributed by atoms with Crippen LogP contribution >= 0.6 is 0 Å². The van der Waals surface area contributed by atoms with E-state index >= 15 is 0 Å². The highest BCUT2D eigenvalue weighted by atomic mass is 15.1. The van der Waals surface area contributed by atoms with E-state index in [0.29, 0.717) is 5.82 Å². The van der Waals surface area contributed by atoms with Crippen molar-refractivity contribution < 1.29 is 0 Å². The highest BCUT2D eigenvalue weighted by Gasteiger charge is 2.21. The first-order chi connectivity index (χ1) is 35.4. The van der Waals surface area contributed by atoms with Crippen LogP contribution in [-0.4, -0.2) is 14.5 Å². The van der Waals surface area contributed by atoms with E-state index in [0.717, 1.165) is 84.5 Å². The van der Waals surface area contributed by atoms with Gasteiger partial charge in [0.15, 0.2) is 5.82 Å². The third-order valence-corrected chi connectivity index (χ3v) is 13.6. The van der Waals surface area contributed by atoms with Gasteiger partial charge in [-0.15, -0.1) is 0 Å². The highest BCUT2D eigenvalue weighted by Crippen LogP contribution is 2.43. The van der Waals surface area contributed by atoms with Gasteiger partial charge in [0.05, 0.1) is 22.4 Å². The number of fused-ring (bicyclic) bond motifs is 3. The Bertz CT molecular complexity index is 3570. The fourth-order valence-corrected chi connectivity index (χ4v) is 9.99. The van der Waals surface area contributed by atoms with E-state index in [1.165, 1.54) is 33.0 Å². The van der Waals surface area contributed by atoms with Gasteiger partial charge in [-0.25, -0.2) is 9.97 Å². The van der Waals surface area contributed by atoms with Crippen LogP contribution in [0.15, 0.2) is 255 Å². The van der Waals surface area contributed by atoms with Gasteiger partial charge in [0, 0.05) is 67.3 Å². The van der Waals surface area contributed by atoms with Crippen LogP contribution in [0.2, 0.25) is 0 Å². The van der Waals surface area contributed by atoms with Crippen LogP contribution in [0.4, 0.5) is 34.1 Å². The minimum atomic E-state index is 0.715. The minimum Gasteiger partial charge on any atom is -0.310 e. The molecule has 2 aromatic heterocycles. The first-order valence-corrected chi connectivity index (χ1v) is 24.6. The predicted molar refractivity (Wildman–Crippen MR) is 302 cm³/mol. The first kappa shape index (κ1) is 43.9. The molecule has 10 aromatic carbocycles. The molecule has 0 saturated carbocycles. The smallest absolute Gasteiger partial charge is 0.160 e. The molecular formula is C67H51N5. The van der Waals surface area contributed by atoms with E-state index in [-0.39, 0.29) is 0 Å². The van der Waals surface area contributed by atoms with Crippen molar-refractivity contribution in [3.05, 3.63) is 271 Å². The van der Waals surface area contributed by atoms with Gasteiger partial charge in [0.25, 0.3) is 0 Å². The average Bonchev–Trinajstić information content (AvgIpc) is 3.76. The fraction of sp³-hybridized carbons (Fsp3) is 0.0448. The molecule has 0 aliphatic heterocycles. The molecule has 0 unspecified atom stereocenters. The summed E-state index contributed by atoms with van der Waals surface area (Å²) in [6.45, 7) is 6.41. The average molecular weight is 926 g/mol. The standard InChI is InChI=1S/C67H51N5/c1-46-24-28-50(29-25-46)63-45-64(69-67(68-63)51-30-26-47(2)27-31-51)52-34-39-60(48(3)42-52)49-32-35-57(36-33-49)72-65-40-37-58(70(53-16-8-4-9-17-53)54-18-10-5-11-19-54)43-61(65)62-44-59(38-41-66(62)72)71(55-20-12-6-13-21-55)56-22-14-7-15-23-56/h4-45H,1-3H3. The summed E-state index contributed by atoms with van der Waals surface area (Å²) in [6.07, 6.45) is 0. The molecular weight excluding hydrogens is 875 g/mol. The Kier molecular flexibility index (Phi) is 11.5. The predicted octanol–water partition coefficient (Wildman–Crippen LogP) is 18.1. The van der Waals surface area contributed by atoms with Gasteiger partial charge in [0.1, 0.15) is 0 Å². The molecule has 344 valence electrons. The Balaban J connectivity index is 0.959. The van der Waals surface area contributed by atoms with Crippen LogP contribution < -0.4 is 9.80 Å². The molecule has 5 nitrogen and oxygen atoms in total. The van der Waals surface area contributed by atoms with Crippen LogP contribution in [0.25, 0.3) is 72.5 Å². The van der Waals surface area contributed by atoms with Crippen molar-refractivity contribution in [1.29, 1.82) is 0 Å². The third kappa shape index (κ3) is 8.48. The van der Waals surface area contributed by atoms with Crippen LogP contribution in [0.5, 0.6) is 0 Å². The van der Waals surface area contributed by atoms with Gasteiger partial charge >= 0.3 is 0 Å². The Hall–Kier alpha value is -9.32. The Morgan fingerprint density at radius 2 is 0.722 bits per heavy atom. The molecule has 0 aliphatic carbocycles. The second-order valence-corrected chi connectivity index (χ2v) is 18.5. The van der Waals surface area contributed by atoms with Crippen LogP contribution in [0.3, 0.4) is 0 Å². The molecule has 0 fully saturated rings. The highest BCUT2D eigenvalue weighted by molar-refractivity contribution is 6.12. The maximum atomic E-state index is 5.15. The van der Waals surface area contributed by atoms with Crippen molar-refractivity contribution in [2.75, 3.05) is 9.80 Å². The topological polar surface area (TPSA) is 37.2 Å². The molecule has 0 aliphatic rings. The Morgan fingerprint density at radius 3 is 1.17 bits per heavy atom. The summed E-state index contributed by atoms with van der Waals surface area (Å²) in [7, 11) is 0. The second kappa shape index (κ2) is 18.9. The van der Waals surface area contributed by atoms with E-state index < -0.39 is 0 Å². The molecule has 0 saturated heterocycles. The lowest BCUT2D eigenvalue weighted by molar-refractivity contribution is 1.18. The summed E-state index contributed by atoms with van der Waals surface area (Å²) in [4.78, 5) is 14.9. The van der Waals surface area contributed by atoms with E-state index in [1.807, 2.05) is 0 Å². The molecule has 0 radical (unpaired) electrons. The normalized spacial score (nSPS) is 11.3. The van der Waals surface area contributed by atoms with Gasteiger partial charge in [0.2, 0.25) is 0 Å². The zero-order valence-electron chi connectivity index (χ0n) is 40.5. The molecule has 0 amide bonds. The van der Waals surface area contributed by atoms with Gasteiger partial charge in [-0.2, -0.15) is 0 Å². The molecule has 0 N–H and O–H groups in total. The number of hydrogen-bond acceptors (Lipinski definition) is 4. The molecule has 0 spiro atoms. The number of para-hydroxylation sites is 4. The zero-order chi connectivity index (χ0) is 48.5. The van der Waals surface area contributed by atoms with E-state index in [9.17, 15) is 0 Å². The minimum absolute atomic E-state index is 0.715. The number of hydrogen-bond donors (Lipinski definition) is 0. The summed E-state index contributed by atoms with van der Waals surface area (Å²) < 4.78 is 2.41. The maximum Gasteiger partial charge on any atom is 0.160 e. The van der Waals surface area contributed by atoms with Crippen molar-refractivity contribution in [3.8, 4) is 50.7 Å². The van der Waals surface area contributed by atoms with Crippen molar-refractivity contribution in [3.63, 3.8) is 0 Å². The van der Waals surface area contributed by atoms with Crippen LogP contribution in [0, 0.1) is 20.8 Å². The number of nitrogens with zero attached hydrogens (tertiary/aromatic N) is 5. The summed E-state index contributed by atoms with van der Waals surface area (Å²) in [5.74, 6) is 0.715. The zero-order valence-corrected chi connectivity index (χ0v) is 40.5. The number of aryl methyl sites for hydroxylation is 3. The van der Waals surface area contributed by atoms with Crippen molar-refractivity contribution in [2.24, 2.45) is 0 Å². The summed E-state index contributed by atoms with van der Waals surface area (Å²) >= 11 is 0. The number of anilines is 6. The maximum absolute atomic E-state index is 5.15.